The highest BCUT2D eigenvalue weighted by Crippen LogP contribution is 2.30. The molecule has 0 atom stereocenters. The molecular formula is C12H12BClO4. The van der Waals surface area contributed by atoms with Crippen LogP contribution in [0.1, 0.15) is 24.2 Å². The van der Waals surface area contributed by atoms with Gasteiger partial charge in [-0.1, -0.05) is 18.2 Å². The van der Waals surface area contributed by atoms with Crippen LogP contribution in [0.2, 0.25) is 5.02 Å². The van der Waals surface area contributed by atoms with Crippen LogP contribution in [0.3, 0.4) is 0 Å². The summed E-state index contributed by atoms with van der Waals surface area (Å²) >= 11 is 6.04. The van der Waals surface area contributed by atoms with E-state index in [1.165, 1.54) is 18.2 Å². The first kappa shape index (κ1) is 13.0. The minimum Gasteiger partial charge on any atom is -0.534 e. The number of hydrogen-bond donors (Lipinski definition) is 1. The third kappa shape index (κ3) is 2.24. The van der Waals surface area contributed by atoms with Gasteiger partial charge in [-0.3, -0.25) is 0 Å². The van der Waals surface area contributed by atoms with Crippen LogP contribution in [0.4, 0.5) is 0 Å². The summed E-state index contributed by atoms with van der Waals surface area (Å²) < 4.78 is 11.1. The van der Waals surface area contributed by atoms with Crippen molar-refractivity contribution in [1.82, 2.24) is 0 Å². The fraction of sp³-hybridized carbons (Fsp3) is 0.250. The van der Waals surface area contributed by atoms with Gasteiger partial charge in [0.25, 0.3) is 0 Å². The van der Waals surface area contributed by atoms with Gasteiger partial charge in [0.15, 0.2) is 0 Å². The van der Waals surface area contributed by atoms with Gasteiger partial charge in [0.05, 0.1) is 11.3 Å². The van der Waals surface area contributed by atoms with Gasteiger partial charge in [-0.15, -0.1) is 0 Å². The first-order valence-electron chi connectivity index (χ1n) is 5.38. The zero-order chi connectivity index (χ0) is 13.5. The van der Waals surface area contributed by atoms with Gasteiger partial charge in [0, 0.05) is 10.5 Å². The van der Waals surface area contributed by atoms with E-state index < -0.39 is 18.7 Å². The number of hydrogen-bond acceptors (Lipinski definition) is 3. The molecule has 0 saturated carbocycles. The summed E-state index contributed by atoms with van der Waals surface area (Å²) in [6.45, 7) is 7.41. The summed E-state index contributed by atoms with van der Waals surface area (Å²) in [6, 6.07) is 4.40. The summed E-state index contributed by atoms with van der Waals surface area (Å²) in [6.07, 6.45) is 0. The zero-order valence-corrected chi connectivity index (χ0v) is 10.8. The summed E-state index contributed by atoms with van der Waals surface area (Å²) in [7, 11) is -0.723. The molecule has 0 unspecified atom stereocenters. The van der Waals surface area contributed by atoms with Crippen molar-refractivity contribution >= 4 is 30.2 Å². The first-order chi connectivity index (χ1) is 8.31. The molecule has 1 aromatic rings. The Hall–Kier alpha value is -1.46. The Balaban J connectivity index is 2.37. The quantitative estimate of drug-likeness (QED) is 0.833. The number of benzene rings is 1. The molecule has 0 radical (unpaired) electrons. The number of carboxylic acids is 1. The van der Waals surface area contributed by atoms with Crippen LogP contribution < -0.4 is 5.46 Å². The molecule has 0 spiro atoms. The Labute approximate surface area is 110 Å². The lowest BCUT2D eigenvalue weighted by Gasteiger charge is -2.15. The molecule has 0 aromatic heterocycles. The molecule has 1 aromatic carbocycles. The van der Waals surface area contributed by atoms with Crippen molar-refractivity contribution in [3.05, 3.63) is 41.1 Å². The van der Waals surface area contributed by atoms with E-state index in [4.69, 9.17) is 26.0 Å². The predicted octanol–water partition coefficient (Wildman–Crippen LogP) is 2.07. The van der Waals surface area contributed by atoms with Crippen LogP contribution >= 0.6 is 11.6 Å². The molecule has 1 saturated heterocycles. The molecule has 18 heavy (non-hydrogen) atoms. The van der Waals surface area contributed by atoms with Gasteiger partial charge in [0.2, 0.25) is 0 Å². The third-order valence-corrected chi connectivity index (χ3v) is 3.16. The lowest BCUT2D eigenvalue weighted by atomic mass is 9.78. The van der Waals surface area contributed by atoms with Crippen LogP contribution in [-0.2, 0) is 9.31 Å². The minimum absolute atomic E-state index is 0.136. The average Bonchev–Trinajstić information content (AvgIpc) is 2.53. The van der Waals surface area contributed by atoms with Crippen molar-refractivity contribution in [2.45, 2.75) is 19.4 Å². The molecule has 1 N–H and O–H groups in total. The van der Waals surface area contributed by atoms with Crippen molar-refractivity contribution in [3.8, 4) is 0 Å². The van der Waals surface area contributed by atoms with Crippen molar-refractivity contribution in [1.29, 1.82) is 0 Å². The van der Waals surface area contributed by atoms with Gasteiger partial charge in [-0.05, 0) is 32.0 Å². The second kappa shape index (κ2) is 4.33. The Morgan fingerprint density at radius 2 is 2.17 bits per heavy atom. The SMILES string of the molecule is C=C1OB(c2cc(C(=O)O)ccc2Cl)OC1(C)C. The van der Waals surface area contributed by atoms with E-state index in [0.717, 1.165) is 0 Å². The number of carbonyl (C=O) groups is 1. The Bertz CT molecular complexity index is 527. The number of aromatic carboxylic acids is 1. The monoisotopic (exact) mass is 266 g/mol. The van der Waals surface area contributed by atoms with Crippen LogP contribution in [0, 0.1) is 0 Å². The number of carboxylic acid groups (broad SMARTS) is 1. The number of halogens is 1. The summed E-state index contributed by atoms with van der Waals surface area (Å²) in [5.74, 6) is -0.534. The maximum atomic E-state index is 10.9. The molecular weight excluding hydrogens is 254 g/mol. The topological polar surface area (TPSA) is 55.8 Å². The van der Waals surface area contributed by atoms with Crippen molar-refractivity contribution in [2.24, 2.45) is 0 Å². The van der Waals surface area contributed by atoms with Gasteiger partial charge in [0.1, 0.15) is 5.60 Å². The Morgan fingerprint density at radius 3 is 2.67 bits per heavy atom. The van der Waals surface area contributed by atoms with Crippen LogP contribution in [-0.4, -0.2) is 23.8 Å². The molecule has 0 amide bonds. The van der Waals surface area contributed by atoms with Gasteiger partial charge >= 0.3 is 13.1 Å². The Kier molecular flexibility index (Phi) is 3.13. The average molecular weight is 266 g/mol. The van der Waals surface area contributed by atoms with E-state index in [9.17, 15) is 4.79 Å². The van der Waals surface area contributed by atoms with Gasteiger partial charge < -0.3 is 14.4 Å². The Morgan fingerprint density at radius 1 is 1.50 bits per heavy atom. The van der Waals surface area contributed by atoms with E-state index in [-0.39, 0.29) is 5.56 Å². The van der Waals surface area contributed by atoms with E-state index in [1.54, 1.807) is 0 Å². The maximum absolute atomic E-state index is 10.9. The standard InChI is InChI=1S/C12H12BClO4/c1-7-12(2,3)18-13(17-7)9-6-8(11(15)16)4-5-10(9)14/h4-6H,1H2,2-3H3,(H,15,16). The van der Waals surface area contributed by atoms with E-state index in [0.29, 0.717) is 16.2 Å². The van der Waals surface area contributed by atoms with Crippen LogP contribution in [0.5, 0.6) is 0 Å². The lowest BCUT2D eigenvalue weighted by Crippen LogP contribution is -2.35. The molecule has 4 nitrogen and oxygen atoms in total. The maximum Gasteiger partial charge on any atom is 0.564 e. The van der Waals surface area contributed by atoms with Crippen LogP contribution in [0.15, 0.2) is 30.5 Å². The molecule has 2 rings (SSSR count). The van der Waals surface area contributed by atoms with Crippen molar-refractivity contribution in [2.75, 3.05) is 0 Å². The molecule has 6 heteroatoms. The summed E-state index contributed by atoms with van der Waals surface area (Å²) in [5.41, 5.74) is 0.00736. The minimum atomic E-state index is -1.02. The molecule has 1 heterocycles. The lowest BCUT2D eigenvalue weighted by molar-refractivity contribution is 0.0697. The fourth-order valence-corrected chi connectivity index (χ4v) is 1.82. The largest absolute Gasteiger partial charge is 0.564 e. The summed E-state index contributed by atoms with van der Waals surface area (Å²) in [5, 5.41) is 9.35. The predicted molar refractivity (Wildman–Crippen MR) is 69.2 cm³/mol. The highest BCUT2D eigenvalue weighted by Gasteiger charge is 2.43. The second-order valence-corrected chi connectivity index (χ2v) is 4.95. The highest BCUT2D eigenvalue weighted by molar-refractivity contribution is 6.66. The molecule has 0 aliphatic carbocycles. The van der Waals surface area contributed by atoms with E-state index in [2.05, 4.69) is 6.58 Å². The highest BCUT2D eigenvalue weighted by atomic mass is 35.5. The van der Waals surface area contributed by atoms with Gasteiger partial charge in [-0.25, -0.2) is 4.79 Å². The zero-order valence-electron chi connectivity index (χ0n) is 10.1. The molecule has 1 aliphatic heterocycles. The van der Waals surface area contributed by atoms with E-state index in [1.807, 2.05) is 13.8 Å². The summed E-state index contributed by atoms with van der Waals surface area (Å²) in [4.78, 5) is 10.9. The second-order valence-electron chi connectivity index (χ2n) is 4.54. The smallest absolute Gasteiger partial charge is 0.534 e. The van der Waals surface area contributed by atoms with Crippen molar-refractivity contribution < 1.29 is 19.2 Å². The molecule has 0 bridgehead atoms. The first-order valence-corrected chi connectivity index (χ1v) is 5.75. The normalized spacial score (nSPS) is 17.7. The number of rotatable bonds is 2. The molecule has 1 fully saturated rings. The van der Waals surface area contributed by atoms with E-state index >= 15 is 0 Å². The van der Waals surface area contributed by atoms with Gasteiger partial charge in [-0.2, -0.15) is 0 Å². The molecule has 1 aliphatic rings. The molecule has 94 valence electrons. The van der Waals surface area contributed by atoms with Crippen LogP contribution in [0.25, 0.3) is 0 Å². The third-order valence-electron chi connectivity index (χ3n) is 2.82. The fourth-order valence-electron chi connectivity index (χ4n) is 1.61. The van der Waals surface area contributed by atoms with Crippen molar-refractivity contribution in [3.63, 3.8) is 0 Å².